The Morgan fingerprint density at radius 3 is 2.39 bits per heavy atom. The van der Waals surface area contributed by atoms with Crippen LogP contribution in [0.3, 0.4) is 0 Å². The van der Waals surface area contributed by atoms with Crippen LogP contribution < -0.4 is 10.6 Å². The number of nitrogens with zero attached hydrogens (tertiary/aromatic N) is 3. The molecule has 1 aromatic heterocycles. The van der Waals surface area contributed by atoms with E-state index >= 15 is 0 Å². The Hall–Kier alpha value is -3.91. The summed E-state index contributed by atoms with van der Waals surface area (Å²) in [5, 5.41) is 17.9. The fourth-order valence-electron chi connectivity index (χ4n) is 7.77. The lowest BCUT2D eigenvalue weighted by Crippen LogP contribution is -2.59. The number of unbranched alkanes of at least 4 members (excludes halogenated alkanes) is 3. The van der Waals surface area contributed by atoms with Gasteiger partial charge in [0.1, 0.15) is 22.6 Å². The number of aliphatic carboxylic acids is 1. The monoisotopic (exact) mass is 843 g/mol. The van der Waals surface area contributed by atoms with E-state index in [4.69, 9.17) is 4.74 Å². The van der Waals surface area contributed by atoms with Crippen LogP contribution in [0.5, 0.6) is 0 Å². The fourth-order valence-corrected chi connectivity index (χ4v) is 8.61. The third-order valence-electron chi connectivity index (χ3n) is 11.7. The number of carboxylic acid groups (broad SMARTS) is 1. The highest BCUT2D eigenvalue weighted by Crippen LogP contribution is 2.32. The number of ether oxygens (including phenoxy) is 1. The number of rotatable bonds is 23. The van der Waals surface area contributed by atoms with E-state index in [1.165, 1.54) is 13.0 Å². The molecule has 1 aromatic carbocycles. The summed E-state index contributed by atoms with van der Waals surface area (Å²) < 4.78 is 20.4. The molecule has 0 aliphatic carbocycles. The van der Waals surface area contributed by atoms with Crippen molar-refractivity contribution < 1.29 is 38.2 Å². The molecule has 3 rings (SSSR count). The average Bonchev–Trinajstić information content (AvgIpc) is 3.67. The maximum atomic E-state index is 14.9. The van der Waals surface area contributed by atoms with E-state index in [1.807, 2.05) is 39.6 Å². The number of aromatic nitrogens is 1. The molecular formula is C45H70FN5O7S. The number of amides is 3. The molecule has 0 saturated carbocycles. The zero-order valence-corrected chi connectivity index (χ0v) is 37.9. The zero-order valence-electron chi connectivity index (χ0n) is 37.1. The lowest BCUT2D eigenvalue weighted by molar-refractivity contribution is -0.150. The van der Waals surface area contributed by atoms with Crippen molar-refractivity contribution in [2.45, 2.75) is 163 Å². The predicted molar refractivity (Wildman–Crippen MR) is 230 cm³/mol. The lowest BCUT2D eigenvalue weighted by Gasteiger charge is -2.40. The van der Waals surface area contributed by atoms with Gasteiger partial charge in [0.25, 0.3) is 5.91 Å². The van der Waals surface area contributed by atoms with Crippen LogP contribution in [-0.4, -0.2) is 93.9 Å². The normalized spacial score (nSPS) is 17.4. The molecule has 3 N–H and O–H groups in total. The van der Waals surface area contributed by atoms with Crippen molar-refractivity contribution >= 4 is 41.0 Å². The average molecular weight is 844 g/mol. The summed E-state index contributed by atoms with van der Waals surface area (Å²) in [6.45, 7) is 17.6. The topological polar surface area (TPSA) is 158 Å². The number of aryl methyl sites for hydroxylation is 1. The first kappa shape index (κ1) is 49.5. The molecule has 2 heterocycles. The summed E-state index contributed by atoms with van der Waals surface area (Å²) >= 11 is 1.16. The number of thiazole rings is 1. The minimum absolute atomic E-state index is 0.0659. The van der Waals surface area contributed by atoms with Gasteiger partial charge in [0, 0.05) is 37.4 Å². The van der Waals surface area contributed by atoms with Gasteiger partial charge in [-0.15, -0.1) is 11.3 Å². The number of carbonyl (C=O) groups excluding carboxylic acids is 4. The molecule has 1 aliphatic rings. The second kappa shape index (κ2) is 23.2. The summed E-state index contributed by atoms with van der Waals surface area (Å²) in [6.07, 6.45) is 6.76. The largest absolute Gasteiger partial charge is 0.481 e. The van der Waals surface area contributed by atoms with E-state index in [0.29, 0.717) is 29.1 Å². The van der Waals surface area contributed by atoms with Crippen LogP contribution in [0.2, 0.25) is 0 Å². The minimum atomic E-state index is -1.19. The summed E-state index contributed by atoms with van der Waals surface area (Å²) in [5.74, 6) is -3.01. The molecule has 2 aromatic rings. The van der Waals surface area contributed by atoms with Crippen LogP contribution in [0.25, 0.3) is 0 Å². The molecule has 1 aliphatic heterocycles. The van der Waals surface area contributed by atoms with Gasteiger partial charge in [0.15, 0.2) is 6.10 Å². The highest BCUT2D eigenvalue weighted by molar-refractivity contribution is 7.09. The van der Waals surface area contributed by atoms with Gasteiger partial charge in [-0.2, -0.15) is 0 Å². The quantitative estimate of drug-likeness (QED) is 0.0748. The SMILES string of the molecule is CCCCCCN(C(=O)[C@@H](NC(=O)[C@H]1CCCCN1C)[C@@H](C)CC)[C@H](C[C@@H](OC(C)=O)c1nc(C(=O)NC(Cc2ccc(C)c(F)c2)CC(C)(C)C(=O)O)cs1)C(C)C. The lowest BCUT2D eigenvalue weighted by atomic mass is 9.83. The minimum Gasteiger partial charge on any atom is -0.481 e. The van der Waals surface area contributed by atoms with E-state index in [0.717, 1.165) is 62.8 Å². The number of likely N-dealkylation sites (tertiary alicyclic amines) is 1. The Balaban J connectivity index is 1.95. The van der Waals surface area contributed by atoms with Gasteiger partial charge < -0.3 is 25.4 Å². The third kappa shape index (κ3) is 14.7. The number of halogens is 1. The van der Waals surface area contributed by atoms with E-state index in [9.17, 15) is 33.5 Å². The maximum absolute atomic E-state index is 14.9. The Morgan fingerprint density at radius 2 is 1.80 bits per heavy atom. The molecule has 330 valence electrons. The predicted octanol–water partition coefficient (Wildman–Crippen LogP) is 7.88. The molecule has 1 unspecified atom stereocenters. The second-order valence-corrected chi connectivity index (χ2v) is 18.4. The van der Waals surface area contributed by atoms with Crippen molar-refractivity contribution in [2.24, 2.45) is 17.3 Å². The van der Waals surface area contributed by atoms with Crippen LogP contribution in [0, 0.1) is 30.0 Å². The van der Waals surface area contributed by atoms with Crippen LogP contribution in [0.1, 0.15) is 152 Å². The van der Waals surface area contributed by atoms with Gasteiger partial charge in [-0.05, 0) is 95.5 Å². The van der Waals surface area contributed by atoms with Gasteiger partial charge in [-0.3, -0.25) is 28.9 Å². The Labute approximate surface area is 355 Å². The molecule has 59 heavy (non-hydrogen) atoms. The van der Waals surface area contributed by atoms with Crippen molar-refractivity contribution in [3.8, 4) is 0 Å². The number of carbonyl (C=O) groups is 5. The molecule has 6 atom stereocenters. The number of hydrogen-bond acceptors (Lipinski definition) is 9. The van der Waals surface area contributed by atoms with E-state index in [2.05, 4.69) is 27.4 Å². The van der Waals surface area contributed by atoms with Crippen molar-refractivity contribution in [2.75, 3.05) is 20.1 Å². The van der Waals surface area contributed by atoms with Gasteiger partial charge in [0.2, 0.25) is 11.8 Å². The fraction of sp³-hybridized carbons (Fsp3) is 0.689. The molecule has 12 nitrogen and oxygen atoms in total. The number of esters is 1. The molecule has 0 radical (unpaired) electrons. The Morgan fingerprint density at radius 1 is 1.08 bits per heavy atom. The number of piperidine rings is 1. The first-order chi connectivity index (χ1) is 27.8. The number of hydrogen-bond donors (Lipinski definition) is 3. The first-order valence-electron chi connectivity index (χ1n) is 21.5. The summed E-state index contributed by atoms with van der Waals surface area (Å²) in [6, 6.07) is 2.68. The first-order valence-corrected chi connectivity index (χ1v) is 22.4. The van der Waals surface area contributed by atoms with E-state index < -0.39 is 47.5 Å². The molecule has 14 heteroatoms. The molecule has 0 bridgehead atoms. The molecular weight excluding hydrogens is 774 g/mol. The van der Waals surface area contributed by atoms with Crippen LogP contribution >= 0.6 is 11.3 Å². The smallest absolute Gasteiger partial charge is 0.309 e. The zero-order chi connectivity index (χ0) is 44.0. The highest BCUT2D eigenvalue weighted by Gasteiger charge is 2.39. The number of likely N-dealkylation sites (N-methyl/N-ethyl adjacent to an activating group) is 1. The van der Waals surface area contributed by atoms with Crippen molar-refractivity contribution in [1.29, 1.82) is 0 Å². The second-order valence-electron chi connectivity index (χ2n) is 17.5. The summed E-state index contributed by atoms with van der Waals surface area (Å²) in [4.78, 5) is 75.7. The number of benzene rings is 1. The van der Waals surface area contributed by atoms with Crippen molar-refractivity contribution in [3.63, 3.8) is 0 Å². The standard InChI is InChI=1S/C45H70FN5O7S/c1-11-13-14-16-22-51(43(55)39(29(5)12-2)49-41(54)36-18-15-17-21-50(36)10)37(28(3)4)25-38(58-31(7)52)42-48-35(27-59-42)40(53)47-33(26-45(8,9)44(56)57)23-32-20-19-30(6)34(46)24-32/h19-20,24,27-29,33,36-39H,11-18,21-23,25-26H2,1-10H3,(H,47,53)(H,49,54)(H,56,57)/t29-,33?,36+,37+,38+,39-/m0/s1. The van der Waals surface area contributed by atoms with E-state index in [-0.39, 0.29) is 60.5 Å². The number of nitrogens with one attached hydrogen (secondary N) is 2. The van der Waals surface area contributed by atoms with Crippen molar-refractivity contribution in [3.05, 3.63) is 51.2 Å². The van der Waals surface area contributed by atoms with Crippen LogP contribution in [-0.2, 0) is 30.3 Å². The Bertz CT molecular complexity index is 1720. The van der Waals surface area contributed by atoms with Crippen LogP contribution in [0.4, 0.5) is 4.39 Å². The Kier molecular flexibility index (Phi) is 19.4. The molecule has 0 spiro atoms. The maximum Gasteiger partial charge on any atom is 0.309 e. The highest BCUT2D eigenvalue weighted by atomic mass is 32.1. The third-order valence-corrected chi connectivity index (χ3v) is 12.7. The van der Waals surface area contributed by atoms with Crippen LogP contribution in [0.15, 0.2) is 23.6 Å². The molecule has 1 fully saturated rings. The van der Waals surface area contributed by atoms with Crippen molar-refractivity contribution in [1.82, 2.24) is 25.4 Å². The molecule has 3 amide bonds. The van der Waals surface area contributed by atoms with Gasteiger partial charge >= 0.3 is 11.9 Å². The summed E-state index contributed by atoms with van der Waals surface area (Å²) in [5.41, 5.74) is -0.0376. The van der Waals surface area contributed by atoms with Gasteiger partial charge in [-0.1, -0.05) is 78.9 Å². The summed E-state index contributed by atoms with van der Waals surface area (Å²) in [7, 11) is 1.95. The molecule has 1 saturated heterocycles. The van der Waals surface area contributed by atoms with Gasteiger partial charge in [-0.25, -0.2) is 9.37 Å². The van der Waals surface area contributed by atoms with E-state index in [1.54, 1.807) is 38.3 Å². The number of carboxylic acids is 1. The van der Waals surface area contributed by atoms with Gasteiger partial charge in [0.05, 0.1) is 11.5 Å².